The van der Waals surface area contributed by atoms with E-state index in [9.17, 15) is 14.4 Å². The summed E-state index contributed by atoms with van der Waals surface area (Å²) in [5, 5.41) is 2.65. The van der Waals surface area contributed by atoms with E-state index in [1.54, 1.807) is 54.6 Å². The number of methoxy groups -OCH3 is 1. The van der Waals surface area contributed by atoms with Crippen LogP contribution >= 0.6 is 11.6 Å². The van der Waals surface area contributed by atoms with Gasteiger partial charge in [-0.2, -0.15) is 0 Å². The number of nitrogens with one attached hydrogen (secondary N) is 1. The second-order valence-corrected chi connectivity index (χ2v) is 5.54. The first kappa shape index (κ1) is 16.7. The molecule has 6 nitrogen and oxygen atoms in total. The fourth-order valence-electron chi connectivity index (χ4n) is 2.37. The molecule has 0 atom stereocenters. The molecule has 0 unspecified atom stereocenters. The third kappa shape index (κ3) is 3.12. The second kappa shape index (κ2) is 6.78. The van der Waals surface area contributed by atoms with E-state index >= 15 is 0 Å². The lowest BCUT2D eigenvalue weighted by molar-refractivity contribution is -0.120. The van der Waals surface area contributed by atoms with Crippen molar-refractivity contribution in [2.75, 3.05) is 17.3 Å². The Balaban J connectivity index is 1.84. The Bertz CT molecular complexity index is 876. The highest BCUT2D eigenvalue weighted by molar-refractivity contribution is 6.53. The highest BCUT2D eigenvalue weighted by Crippen LogP contribution is 2.29. The lowest BCUT2D eigenvalue weighted by atomic mass is 10.2. The van der Waals surface area contributed by atoms with Crippen LogP contribution in [0.15, 0.2) is 65.3 Å². The number of nitrogens with zero attached hydrogens (tertiary/aromatic N) is 1. The molecule has 1 aliphatic rings. The van der Waals surface area contributed by atoms with E-state index in [-0.39, 0.29) is 10.7 Å². The second-order valence-electron chi connectivity index (χ2n) is 5.16. The Labute approximate surface area is 148 Å². The third-order valence-corrected chi connectivity index (χ3v) is 3.97. The van der Waals surface area contributed by atoms with E-state index in [4.69, 9.17) is 11.6 Å². The summed E-state index contributed by atoms with van der Waals surface area (Å²) >= 11 is 6.05. The molecule has 0 fully saturated rings. The quantitative estimate of drug-likeness (QED) is 0.673. The molecule has 1 heterocycles. The first-order valence-corrected chi connectivity index (χ1v) is 7.69. The first-order chi connectivity index (χ1) is 12.0. The van der Waals surface area contributed by atoms with Gasteiger partial charge in [-0.3, -0.25) is 9.59 Å². The summed E-state index contributed by atoms with van der Waals surface area (Å²) in [6.45, 7) is 0. The molecule has 0 aromatic heterocycles. The molecule has 0 saturated heterocycles. The number of hydrogen-bond acceptors (Lipinski definition) is 5. The number of hydrogen-bond donors (Lipinski definition) is 1. The Morgan fingerprint density at radius 2 is 1.64 bits per heavy atom. The van der Waals surface area contributed by atoms with Crippen LogP contribution in [0.25, 0.3) is 0 Å². The number of para-hydroxylation sites is 1. The van der Waals surface area contributed by atoms with Crippen LogP contribution in [-0.2, 0) is 14.3 Å². The van der Waals surface area contributed by atoms with Crippen LogP contribution in [0.2, 0.25) is 0 Å². The first-order valence-electron chi connectivity index (χ1n) is 7.32. The van der Waals surface area contributed by atoms with E-state index in [0.29, 0.717) is 16.9 Å². The van der Waals surface area contributed by atoms with Crippen molar-refractivity contribution in [1.82, 2.24) is 0 Å². The minimum Gasteiger partial charge on any atom is -0.465 e. The van der Waals surface area contributed by atoms with Gasteiger partial charge < -0.3 is 10.1 Å². The number of esters is 1. The van der Waals surface area contributed by atoms with Gasteiger partial charge in [-0.25, -0.2) is 9.69 Å². The zero-order valence-corrected chi connectivity index (χ0v) is 13.9. The molecule has 25 heavy (non-hydrogen) atoms. The number of imide groups is 1. The zero-order valence-electron chi connectivity index (χ0n) is 13.2. The Morgan fingerprint density at radius 1 is 1.00 bits per heavy atom. The van der Waals surface area contributed by atoms with Crippen molar-refractivity contribution in [3.05, 3.63) is 70.9 Å². The molecule has 126 valence electrons. The minimum absolute atomic E-state index is 0.0127. The van der Waals surface area contributed by atoms with Crippen molar-refractivity contribution < 1.29 is 19.1 Å². The number of amides is 2. The van der Waals surface area contributed by atoms with Crippen molar-refractivity contribution in [2.24, 2.45) is 0 Å². The summed E-state index contributed by atoms with van der Waals surface area (Å²) in [7, 11) is 1.29. The van der Waals surface area contributed by atoms with Gasteiger partial charge in [-0.05, 0) is 36.4 Å². The molecule has 2 aromatic rings. The Kier molecular flexibility index (Phi) is 4.54. The maximum absolute atomic E-state index is 12.6. The van der Waals surface area contributed by atoms with Gasteiger partial charge in [-0.15, -0.1) is 0 Å². The summed E-state index contributed by atoms with van der Waals surface area (Å²) in [6.07, 6.45) is 0. The van der Waals surface area contributed by atoms with Gasteiger partial charge in [0.25, 0.3) is 11.8 Å². The van der Waals surface area contributed by atoms with Gasteiger partial charge in [0.2, 0.25) is 0 Å². The monoisotopic (exact) mass is 356 g/mol. The molecule has 2 amide bonds. The molecule has 0 bridgehead atoms. The van der Waals surface area contributed by atoms with Gasteiger partial charge in [-0.1, -0.05) is 29.8 Å². The number of carbonyl (C=O) groups excluding carboxylic acids is 3. The highest BCUT2D eigenvalue weighted by atomic mass is 35.5. The van der Waals surface area contributed by atoms with Crippen LogP contribution in [0.5, 0.6) is 0 Å². The molecule has 0 saturated carbocycles. The average Bonchev–Trinajstić information content (AvgIpc) is 2.86. The molecule has 1 N–H and O–H groups in total. The summed E-state index contributed by atoms with van der Waals surface area (Å²) in [5.74, 6) is -1.60. The minimum atomic E-state index is -0.591. The molecular weight excluding hydrogens is 344 g/mol. The third-order valence-electron chi connectivity index (χ3n) is 3.62. The topological polar surface area (TPSA) is 75.7 Å². The largest absolute Gasteiger partial charge is 0.465 e. The smallest absolute Gasteiger partial charge is 0.337 e. The van der Waals surface area contributed by atoms with Gasteiger partial charge >= 0.3 is 5.97 Å². The fraction of sp³-hybridized carbons (Fsp3) is 0.0556. The normalized spacial score (nSPS) is 14.1. The van der Waals surface area contributed by atoms with Crippen LogP contribution in [0, 0.1) is 0 Å². The number of rotatable bonds is 4. The average molecular weight is 357 g/mol. The standard InChI is InChI=1S/C18H13ClN2O4/c1-25-18(24)11-7-9-12(10-8-11)20-15-14(19)16(22)21(17(15)23)13-5-3-2-4-6-13/h2-10,20H,1H3. The Morgan fingerprint density at radius 3 is 2.24 bits per heavy atom. The summed E-state index contributed by atoms with van der Waals surface area (Å²) in [6, 6.07) is 14.8. The summed E-state index contributed by atoms with van der Waals surface area (Å²) < 4.78 is 4.63. The number of benzene rings is 2. The number of halogens is 1. The molecular formula is C18H13ClN2O4. The van der Waals surface area contributed by atoms with Gasteiger partial charge in [0.15, 0.2) is 0 Å². The van der Waals surface area contributed by atoms with E-state index in [1.807, 2.05) is 0 Å². The molecule has 1 aliphatic heterocycles. The van der Waals surface area contributed by atoms with Crippen LogP contribution in [0.3, 0.4) is 0 Å². The van der Waals surface area contributed by atoms with Crippen molar-refractivity contribution in [3.8, 4) is 0 Å². The van der Waals surface area contributed by atoms with Crippen LogP contribution in [0.4, 0.5) is 11.4 Å². The maximum atomic E-state index is 12.6. The Hall–Kier alpha value is -3.12. The van der Waals surface area contributed by atoms with E-state index in [2.05, 4.69) is 10.1 Å². The molecule has 0 radical (unpaired) electrons. The van der Waals surface area contributed by atoms with Crippen LogP contribution in [-0.4, -0.2) is 24.9 Å². The highest BCUT2D eigenvalue weighted by Gasteiger charge is 2.38. The maximum Gasteiger partial charge on any atom is 0.337 e. The molecule has 3 rings (SSSR count). The molecule has 7 heteroatoms. The summed E-state index contributed by atoms with van der Waals surface area (Å²) in [5.41, 5.74) is 1.31. The van der Waals surface area contributed by atoms with Crippen LogP contribution in [0.1, 0.15) is 10.4 Å². The zero-order chi connectivity index (χ0) is 18.0. The van der Waals surface area contributed by atoms with Gasteiger partial charge in [0, 0.05) is 5.69 Å². The molecule has 0 spiro atoms. The number of carbonyl (C=O) groups is 3. The van der Waals surface area contributed by atoms with Crippen molar-refractivity contribution in [1.29, 1.82) is 0 Å². The predicted octanol–water partition coefficient (Wildman–Crippen LogP) is 2.91. The van der Waals surface area contributed by atoms with E-state index < -0.39 is 17.8 Å². The fourth-order valence-corrected chi connectivity index (χ4v) is 2.59. The summed E-state index contributed by atoms with van der Waals surface area (Å²) in [4.78, 5) is 37.3. The van der Waals surface area contributed by atoms with Gasteiger partial charge in [0.1, 0.15) is 10.7 Å². The van der Waals surface area contributed by atoms with Crippen molar-refractivity contribution >= 4 is 40.8 Å². The molecule has 0 aliphatic carbocycles. The lowest BCUT2D eigenvalue weighted by Gasteiger charge is -2.14. The predicted molar refractivity (Wildman–Crippen MR) is 93.2 cm³/mol. The van der Waals surface area contributed by atoms with Crippen LogP contribution < -0.4 is 10.2 Å². The van der Waals surface area contributed by atoms with Crippen molar-refractivity contribution in [2.45, 2.75) is 0 Å². The van der Waals surface area contributed by atoms with E-state index in [1.165, 1.54) is 7.11 Å². The van der Waals surface area contributed by atoms with E-state index in [0.717, 1.165) is 4.90 Å². The van der Waals surface area contributed by atoms with Gasteiger partial charge in [0.05, 0.1) is 18.4 Å². The van der Waals surface area contributed by atoms with Crippen molar-refractivity contribution in [3.63, 3.8) is 0 Å². The number of anilines is 2. The molecule has 2 aromatic carbocycles. The SMILES string of the molecule is COC(=O)c1ccc(NC2=C(Cl)C(=O)N(c3ccccc3)C2=O)cc1. The lowest BCUT2D eigenvalue weighted by Crippen LogP contribution is -2.32. The number of ether oxygens (including phenoxy) is 1.